The maximum atomic E-state index is 12.2. The van der Waals surface area contributed by atoms with Gasteiger partial charge in [0.15, 0.2) is 11.9 Å². The van der Waals surface area contributed by atoms with Crippen LogP contribution in [0.1, 0.15) is 66.7 Å². The van der Waals surface area contributed by atoms with Crippen LogP contribution in [0.4, 0.5) is 0 Å². The molecule has 0 N–H and O–H groups in total. The Hall–Kier alpha value is -3.91. The number of pyridine rings is 1. The lowest BCUT2D eigenvalue weighted by atomic mass is 9.87. The van der Waals surface area contributed by atoms with Gasteiger partial charge in [0.2, 0.25) is 0 Å². The number of aldehydes is 1. The number of benzene rings is 1. The molecule has 1 aliphatic heterocycles. The van der Waals surface area contributed by atoms with E-state index >= 15 is 0 Å². The summed E-state index contributed by atoms with van der Waals surface area (Å²) in [5.74, 6) is 0.0341. The van der Waals surface area contributed by atoms with Crippen molar-refractivity contribution in [3.63, 3.8) is 0 Å². The Labute approximate surface area is 230 Å². The first kappa shape index (κ1) is 28.1. The smallest absolute Gasteiger partial charge is 0.272 e. The minimum Gasteiger partial charge on any atom is -0.334 e. The molecule has 1 saturated heterocycles. The average Bonchev–Trinajstić information content (AvgIpc) is 3.33. The summed E-state index contributed by atoms with van der Waals surface area (Å²) in [5, 5.41) is 4.62. The maximum absolute atomic E-state index is 12.2. The van der Waals surface area contributed by atoms with Crippen molar-refractivity contribution < 1.29 is 9.59 Å². The highest BCUT2D eigenvalue weighted by molar-refractivity contribution is 5.92. The molecule has 0 aliphatic carbocycles. The molecule has 0 unspecified atom stereocenters. The van der Waals surface area contributed by atoms with Gasteiger partial charge in [0.05, 0.1) is 11.9 Å². The van der Waals surface area contributed by atoms with Crippen LogP contribution < -0.4 is 0 Å². The van der Waals surface area contributed by atoms with Gasteiger partial charge in [-0.3, -0.25) is 19.5 Å². The molecule has 4 heterocycles. The van der Waals surface area contributed by atoms with E-state index in [2.05, 4.69) is 86.8 Å². The van der Waals surface area contributed by atoms with E-state index < -0.39 is 0 Å². The number of amides is 1. The SMILES string of the molecule is CN1CCN(C(=O)c2ccccn2)CC1(C)C.Cc1cccc(-c2cc(C(C)(C)C)c3nc(C=O)cn3n2)c1. The van der Waals surface area contributed by atoms with E-state index in [9.17, 15) is 9.59 Å². The molecule has 1 aliphatic rings. The van der Waals surface area contributed by atoms with Crippen molar-refractivity contribution in [2.24, 2.45) is 0 Å². The van der Waals surface area contributed by atoms with Gasteiger partial charge in [-0.2, -0.15) is 5.10 Å². The molecule has 0 atom stereocenters. The normalized spacial score (nSPS) is 15.5. The second-order valence-corrected chi connectivity index (χ2v) is 11.8. The molecule has 1 aromatic carbocycles. The third kappa shape index (κ3) is 6.40. The molecule has 8 nitrogen and oxygen atoms in total. The molecule has 1 fully saturated rings. The van der Waals surface area contributed by atoms with Gasteiger partial charge in [0.1, 0.15) is 11.4 Å². The number of carbonyl (C=O) groups is 2. The van der Waals surface area contributed by atoms with Crippen LogP contribution in [0.2, 0.25) is 0 Å². The molecular formula is C31H38N6O2. The van der Waals surface area contributed by atoms with Gasteiger partial charge in [-0.15, -0.1) is 0 Å². The minimum atomic E-state index is -0.0890. The molecule has 0 bridgehead atoms. The number of nitrogens with zero attached hydrogens (tertiary/aromatic N) is 6. The first-order chi connectivity index (χ1) is 18.4. The Kier molecular flexibility index (Phi) is 7.97. The number of imidazole rings is 1. The number of piperazine rings is 1. The zero-order valence-electron chi connectivity index (χ0n) is 24.0. The number of rotatable bonds is 3. The van der Waals surface area contributed by atoms with Gasteiger partial charge < -0.3 is 4.90 Å². The number of aryl methyl sites for hydroxylation is 1. The van der Waals surface area contributed by atoms with Crippen LogP contribution >= 0.6 is 0 Å². The molecule has 0 radical (unpaired) electrons. The highest BCUT2D eigenvalue weighted by Crippen LogP contribution is 2.30. The Morgan fingerprint density at radius 3 is 2.44 bits per heavy atom. The highest BCUT2D eigenvalue weighted by atomic mass is 16.2. The number of likely N-dealkylation sites (N-methyl/N-ethyl adjacent to an activating group) is 1. The molecule has 0 saturated carbocycles. The molecule has 5 rings (SSSR count). The van der Waals surface area contributed by atoms with Crippen LogP contribution in [-0.4, -0.2) is 73.8 Å². The monoisotopic (exact) mass is 526 g/mol. The number of aromatic nitrogens is 4. The van der Waals surface area contributed by atoms with Crippen LogP contribution in [0.5, 0.6) is 0 Å². The first-order valence-corrected chi connectivity index (χ1v) is 13.2. The third-order valence-corrected chi connectivity index (χ3v) is 7.17. The average molecular weight is 527 g/mol. The van der Waals surface area contributed by atoms with Gasteiger partial charge in [-0.1, -0.05) is 50.6 Å². The number of fused-ring (bicyclic) bond motifs is 1. The van der Waals surface area contributed by atoms with Gasteiger partial charge in [0, 0.05) is 42.5 Å². The lowest BCUT2D eigenvalue weighted by molar-refractivity contribution is 0.0307. The summed E-state index contributed by atoms with van der Waals surface area (Å²) in [4.78, 5) is 35.9. The van der Waals surface area contributed by atoms with Crippen molar-refractivity contribution in [2.75, 3.05) is 26.7 Å². The fraction of sp³-hybridized carbons (Fsp3) is 0.387. The van der Waals surface area contributed by atoms with E-state index in [4.69, 9.17) is 0 Å². The lowest BCUT2D eigenvalue weighted by Crippen LogP contribution is -2.58. The third-order valence-electron chi connectivity index (χ3n) is 7.17. The second kappa shape index (κ2) is 11.1. The van der Waals surface area contributed by atoms with E-state index in [1.165, 1.54) is 5.56 Å². The Morgan fingerprint density at radius 1 is 1.05 bits per heavy atom. The minimum absolute atomic E-state index is 0.0304. The number of hydrogen-bond acceptors (Lipinski definition) is 6. The van der Waals surface area contributed by atoms with Gasteiger partial charge in [-0.25, -0.2) is 9.50 Å². The lowest BCUT2D eigenvalue weighted by Gasteiger charge is -2.45. The summed E-state index contributed by atoms with van der Waals surface area (Å²) in [6.45, 7) is 15.2. The summed E-state index contributed by atoms with van der Waals surface area (Å²) >= 11 is 0. The van der Waals surface area contributed by atoms with Gasteiger partial charge in [0.25, 0.3) is 5.91 Å². The Balaban J connectivity index is 0.000000187. The van der Waals surface area contributed by atoms with E-state index in [0.29, 0.717) is 11.4 Å². The maximum Gasteiger partial charge on any atom is 0.272 e. The Bertz CT molecular complexity index is 1470. The van der Waals surface area contributed by atoms with Crippen LogP contribution in [0.25, 0.3) is 16.9 Å². The molecule has 204 valence electrons. The van der Waals surface area contributed by atoms with E-state index in [1.807, 2.05) is 29.2 Å². The van der Waals surface area contributed by atoms with Crippen LogP contribution in [-0.2, 0) is 5.41 Å². The van der Waals surface area contributed by atoms with Crippen molar-refractivity contribution >= 4 is 17.8 Å². The first-order valence-electron chi connectivity index (χ1n) is 13.2. The van der Waals surface area contributed by atoms with Crippen LogP contribution in [0.3, 0.4) is 0 Å². The van der Waals surface area contributed by atoms with E-state index in [0.717, 1.165) is 48.4 Å². The topological polar surface area (TPSA) is 83.7 Å². The summed E-state index contributed by atoms with van der Waals surface area (Å²) in [5.41, 5.74) is 5.84. The fourth-order valence-electron chi connectivity index (χ4n) is 4.61. The molecule has 3 aromatic heterocycles. The summed E-state index contributed by atoms with van der Waals surface area (Å²) in [6, 6.07) is 15.8. The van der Waals surface area contributed by atoms with E-state index in [-0.39, 0.29) is 16.9 Å². The number of carbonyl (C=O) groups excluding carboxylic acids is 2. The Morgan fingerprint density at radius 2 is 1.82 bits per heavy atom. The molecule has 39 heavy (non-hydrogen) atoms. The van der Waals surface area contributed by atoms with Crippen molar-refractivity contribution in [2.45, 2.75) is 52.5 Å². The second-order valence-electron chi connectivity index (χ2n) is 11.8. The fourth-order valence-corrected chi connectivity index (χ4v) is 4.61. The zero-order valence-corrected chi connectivity index (χ0v) is 24.0. The zero-order chi connectivity index (χ0) is 28.4. The van der Waals surface area contributed by atoms with Crippen LogP contribution in [0, 0.1) is 6.92 Å². The van der Waals surface area contributed by atoms with Crippen LogP contribution in [0.15, 0.2) is 60.9 Å². The molecule has 0 spiro atoms. The quantitative estimate of drug-likeness (QED) is 0.347. The molecule has 4 aromatic rings. The van der Waals surface area contributed by atoms with E-state index in [1.54, 1.807) is 23.0 Å². The summed E-state index contributed by atoms with van der Waals surface area (Å²) in [7, 11) is 2.10. The predicted octanol–water partition coefficient (Wildman–Crippen LogP) is 5.06. The number of hydrogen-bond donors (Lipinski definition) is 0. The summed E-state index contributed by atoms with van der Waals surface area (Å²) in [6.07, 6.45) is 4.10. The van der Waals surface area contributed by atoms with Crippen molar-refractivity contribution in [1.29, 1.82) is 0 Å². The highest BCUT2D eigenvalue weighted by Gasteiger charge is 2.33. The molecule has 1 amide bonds. The van der Waals surface area contributed by atoms with Gasteiger partial charge >= 0.3 is 0 Å². The predicted molar refractivity (Wildman–Crippen MR) is 154 cm³/mol. The van der Waals surface area contributed by atoms with Gasteiger partial charge in [-0.05, 0) is 57.5 Å². The molecule has 8 heteroatoms. The summed E-state index contributed by atoms with van der Waals surface area (Å²) < 4.78 is 1.71. The van der Waals surface area contributed by atoms with Crippen molar-refractivity contribution in [3.05, 3.63) is 83.4 Å². The standard InChI is InChI=1S/C18H19N3O.C13H19N3O/c1-12-6-5-7-13(8-12)16-9-15(18(2,3)4)17-19-14(11-22)10-21(17)20-16;1-13(2)10-16(9-8-15(13)3)12(17)11-6-4-5-7-14-11/h5-11H,1-4H3;4-7H,8-10H2,1-3H3. The van der Waals surface area contributed by atoms with Crippen molar-refractivity contribution in [3.8, 4) is 11.3 Å². The van der Waals surface area contributed by atoms with Crippen molar-refractivity contribution in [1.82, 2.24) is 29.4 Å². The molecular weight excluding hydrogens is 488 g/mol. The largest absolute Gasteiger partial charge is 0.334 e.